The fraction of sp³-hybridized carbons (Fsp3) is 0.450. The molecule has 0 fully saturated rings. The smallest absolute Gasteiger partial charge is 0.407 e. The number of carboxylic acids is 1. The average molecular weight is 411 g/mol. The van der Waals surface area contributed by atoms with Gasteiger partial charge in [-0.15, -0.1) is 0 Å². The molecule has 1 aliphatic rings. The fourth-order valence-electron chi connectivity index (χ4n) is 3.26. The number of carbonyl (C=O) groups excluding carboxylic acids is 1. The first kappa shape index (κ1) is 23.4. The summed E-state index contributed by atoms with van der Waals surface area (Å²) in [5.41, 5.74) is 1.16. The molecule has 9 heteroatoms. The van der Waals surface area contributed by atoms with E-state index in [0.717, 1.165) is 16.6 Å². The molecule has 1 aromatic heterocycles. The van der Waals surface area contributed by atoms with E-state index in [0.29, 0.717) is 31.4 Å². The summed E-state index contributed by atoms with van der Waals surface area (Å²) in [4.78, 5) is 35.7. The van der Waals surface area contributed by atoms with E-state index in [1.165, 1.54) is 6.20 Å². The SMILES string of the molecule is CC(C)(C)OC(=O)NCCCc1cc2c3c(c1)c(=O)c(C(=O)O)cn3COC2.[Na]. The van der Waals surface area contributed by atoms with Crippen molar-refractivity contribution in [3.63, 3.8) is 0 Å². The maximum Gasteiger partial charge on any atom is 0.407 e. The van der Waals surface area contributed by atoms with Crippen molar-refractivity contribution in [2.75, 3.05) is 6.54 Å². The maximum atomic E-state index is 12.6. The molecule has 2 heterocycles. The van der Waals surface area contributed by atoms with Crippen molar-refractivity contribution in [3.05, 3.63) is 45.2 Å². The number of ether oxygens (including phenoxy) is 2. The quantitative estimate of drug-likeness (QED) is 0.577. The van der Waals surface area contributed by atoms with E-state index >= 15 is 0 Å². The average Bonchev–Trinajstić information content (AvgIpc) is 2.59. The first-order chi connectivity index (χ1) is 13.2. The van der Waals surface area contributed by atoms with Crippen molar-refractivity contribution in [1.82, 2.24) is 9.88 Å². The first-order valence-electron chi connectivity index (χ1n) is 9.12. The maximum absolute atomic E-state index is 12.6. The van der Waals surface area contributed by atoms with Gasteiger partial charge >= 0.3 is 12.1 Å². The minimum absolute atomic E-state index is 0. The van der Waals surface area contributed by atoms with Gasteiger partial charge < -0.3 is 24.5 Å². The summed E-state index contributed by atoms with van der Waals surface area (Å²) in [6, 6.07) is 3.70. The van der Waals surface area contributed by atoms with Crippen LogP contribution in [0.5, 0.6) is 0 Å². The van der Waals surface area contributed by atoms with Crippen LogP contribution in [0.3, 0.4) is 0 Å². The number of benzene rings is 1. The molecule has 0 bridgehead atoms. The molecule has 1 radical (unpaired) electrons. The van der Waals surface area contributed by atoms with E-state index in [-0.39, 0.29) is 41.9 Å². The van der Waals surface area contributed by atoms with Crippen LogP contribution in [0.4, 0.5) is 4.79 Å². The van der Waals surface area contributed by atoms with Crippen LogP contribution in [0.1, 0.15) is 48.7 Å². The number of nitrogens with zero attached hydrogens (tertiary/aromatic N) is 1. The Labute approximate surface area is 190 Å². The predicted octanol–water partition coefficient (Wildman–Crippen LogP) is 2.26. The van der Waals surface area contributed by atoms with Gasteiger partial charge in [-0.2, -0.15) is 0 Å². The second-order valence-electron chi connectivity index (χ2n) is 7.81. The van der Waals surface area contributed by atoms with Crippen molar-refractivity contribution in [2.24, 2.45) is 0 Å². The van der Waals surface area contributed by atoms with Crippen LogP contribution in [0.15, 0.2) is 23.1 Å². The molecule has 1 aliphatic heterocycles. The second-order valence-corrected chi connectivity index (χ2v) is 7.81. The summed E-state index contributed by atoms with van der Waals surface area (Å²) in [6.45, 7) is 6.40. The van der Waals surface area contributed by atoms with Crippen LogP contribution in [0.25, 0.3) is 10.9 Å². The van der Waals surface area contributed by atoms with Crippen LogP contribution in [-0.2, 0) is 29.2 Å². The molecule has 151 valence electrons. The Morgan fingerprint density at radius 2 is 2.03 bits per heavy atom. The Balaban J connectivity index is 0.00000300. The van der Waals surface area contributed by atoms with Crippen LogP contribution in [0.2, 0.25) is 0 Å². The summed E-state index contributed by atoms with van der Waals surface area (Å²) in [5, 5.41) is 12.4. The summed E-state index contributed by atoms with van der Waals surface area (Å²) in [7, 11) is 0. The number of aromatic carboxylic acids is 1. The van der Waals surface area contributed by atoms with Gasteiger partial charge in [0.1, 0.15) is 17.9 Å². The fourth-order valence-corrected chi connectivity index (χ4v) is 3.26. The molecule has 2 aromatic rings. The van der Waals surface area contributed by atoms with Gasteiger partial charge in [0, 0.05) is 53.2 Å². The van der Waals surface area contributed by atoms with Gasteiger partial charge in [0.15, 0.2) is 0 Å². The Kier molecular flexibility index (Phi) is 7.50. The molecule has 0 aliphatic carbocycles. The number of rotatable bonds is 5. The summed E-state index contributed by atoms with van der Waals surface area (Å²) in [5.74, 6) is -1.25. The third-order valence-electron chi connectivity index (χ3n) is 4.34. The number of carbonyl (C=O) groups is 2. The van der Waals surface area contributed by atoms with Gasteiger partial charge in [-0.05, 0) is 45.2 Å². The molecule has 0 saturated heterocycles. The van der Waals surface area contributed by atoms with Gasteiger partial charge in [-0.25, -0.2) is 9.59 Å². The van der Waals surface area contributed by atoms with E-state index in [1.54, 1.807) is 31.4 Å². The zero-order valence-corrected chi connectivity index (χ0v) is 19.2. The van der Waals surface area contributed by atoms with E-state index in [4.69, 9.17) is 9.47 Å². The number of aryl methyl sites for hydroxylation is 1. The van der Waals surface area contributed by atoms with Crippen molar-refractivity contribution in [3.8, 4) is 0 Å². The van der Waals surface area contributed by atoms with Gasteiger partial charge in [0.25, 0.3) is 0 Å². The molecule has 8 nitrogen and oxygen atoms in total. The third-order valence-corrected chi connectivity index (χ3v) is 4.34. The molecule has 0 unspecified atom stereocenters. The Morgan fingerprint density at radius 3 is 2.69 bits per heavy atom. The van der Waals surface area contributed by atoms with Gasteiger partial charge in [-0.1, -0.05) is 6.07 Å². The van der Waals surface area contributed by atoms with E-state index in [1.807, 2.05) is 6.07 Å². The van der Waals surface area contributed by atoms with Crippen LogP contribution in [-0.4, -0.2) is 63.4 Å². The van der Waals surface area contributed by atoms with Crippen LogP contribution < -0.4 is 10.7 Å². The topological polar surface area (TPSA) is 107 Å². The zero-order chi connectivity index (χ0) is 20.5. The number of pyridine rings is 1. The minimum atomic E-state index is -1.25. The second kappa shape index (κ2) is 9.30. The van der Waals surface area contributed by atoms with Crippen LogP contribution in [0, 0.1) is 0 Å². The number of amides is 1. The molecule has 0 saturated carbocycles. The summed E-state index contributed by atoms with van der Waals surface area (Å²) >= 11 is 0. The minimum Gasteiger partial charge on any atom is -0.477 e. The largest absolute Gasteiger partial charge is 0.477 e. The number of hydrogen-bond acceptors (Lipinski definition) is 5. The number of aromatic nitrogens is 1. The Bertz CT molecular complexity index is 993. The van der Waals surface area contributed by atoms with Gasteiger partial charge in [0.2, 0.25) is 5.43 Å². The van der Waals surface area contributed by atoms with E-state index in [2.05, 4.69) is 5.32 Å². The molecule has 1 amide bonds. The van der Waals surface area contributed by atoms with E-state index in [9.17, 15) is 19.5 Å². The molecule has 1 aromatic carbocycles. The van der Waals surface area contributed by atoms with E-state index < -0.39 is 23.1 Å². The van der Waals surface area contributed by atoms with Gasteiger partial charge in [0.05, 0.1) is 12.1 Å². The number of hydrogen-bond donors (Lipinski definition) is 2. The summed E-state index contributed by atoms with van der Waals surface area (Å²) in [6.07, 6.45) is 2.14. The molecule has 3 rings (SSSR count). The molecular formula is C20H24N2NaO6. The molecule has 2 N–H and O–H groups in total. The van der Waals surface area contributed by atoms with Crippen molar-refractivity contribution < 1.29 is 24.2 Å². The van der Waals surface area contributed by atoms with Crippen molar-refractivity contribution in [2.45, 2.75) is 52.6 Å². The number of carboxylic acid groups (broad SMARTS) is 1. The van der Waals surface area contributed by atoms with Crippen LogP contribution >= 0.6 is 0 Å². The monoisotopic (exact) mass is 411 g/mol. The Hall–Kier alpha value is -1.87. The Morgan fingerprint density at radius 1 is 1.31 bits per heavy atom. The first-order valence-corrected chi connectivity index (χ1v) is 9.12. The molecule has 29 heavy (non-hydrogen) atoms. The van der Waals surface area contributed by atoms with Crippen molar-refractivity contribution >= 4 is 52.5 Å². The van der Waals surface area contributed by atoms with Crippen molar-refractivity contribution in [1.29, 1.82) is 0 Å². The zero-order valence-electron chi connectivity index (χ0n) is 17.2. The number of alkyl carbamates (subject to hydrolysis) is 1. The molecule has 0 atom stereocenters. The van der Waals surface area contributed by atoms with Gasteiger partial charge in [-0.3, -0.25) is 4.79 Å². The predicted molar refractivity (Wildman–Crippen MR) is 108 cm³/mol. The standard InChI is InChI=1S/C20H24N2O6.Na/c1-20(2,3)28-19(26)21-6-4-5-12-7-13-10-27-11-22-9-15(18(24)25)17(23)14(8-12)16(13)22;/h7-9H,4-6,10-11H2,1-3H3,(H,21,26)(H,24,25);. The molecular weight excluding hydrogens is 387 g/mol. The summed E-state index contributed by atoms with van der Waals surface area (Å²) < 4.78 is 12.4. The number of nitrogens with one attached hydrogen (secondary N) is 1. The molecule has 0 spiro atoms. The third kappa shape index (κ3) is 5.60. The normalized spacial score (nSPS) is 12.9.